The summed E-state index contributed by atoms with van der Waals surface area (Å²) >= 11 is 3.48. The van der Waals surface area contributed by atoms with Gasteiger partial charge >= 0.3 is 0 Å². The number of hydrogen-bond donors (Lipinski definition) is 2. The second-order valence-electron chi connectivity index (χ2n) is 6.48. The van der Waals surface area contributed by atoms with E-state index in [0.717, 1.165) is 26.5 Å². The number of amides is 1. The Balaban J connectivity index is 1.67. The van der Waals surface area contributed by atoms with Crippen LogP contribution in [-0.4, -0.2) is 22.0 Å². The van der Waals surface area contributed by atoms with Crippen molar-refractivity contribution in [2.24, 2.45) is 5.10 Å². The van der Waals surface area contributed by atoms with E-state index in [1.165, 1.54) is 18.3 Å². The standard InChI is InChI=1S/C22H15BrN4O3/c23-16-9-10-19-18(12-16)20(15-6-2-1-3-7-15)21(25-19)22(28)26-24-13-14-5-4-8-17(11-14)27(29)30/h1-13,25H,(H,26,28)/b24-13+. The third-order valence-corrected chi connectivity index (χ3v) is 5.00. The molecule has 1 heterocycles. The largest absolute Gasteiger partial charge is 0.350 e. The number of aromatic nitrogens is 1. The highest BCUT2D eigenvalue weighted by Crippen LogP contribution is 2.34. The highest BCUT2D eigenvalue weighted by molar-refractivity contribution is 9.10. The van der Waals surface area contributed by atoms with Crippen molar-refractivity contribution in [2.45, 2.75) is 0 Å². The molecule has 0 atom stereocenters. The van der Waals surface area contributed by atoms with E-state index in [4.69, 9.17) is 0 Å². The fourth-order valence-electron chi connectivity index (χ4n) is 3.18. The number of benzene rings is 3. The number of carbonyl (C=O) groups is 1. The molecule has 0 spiro atoms. The Morgan fingerprint density at radius 3 is 2.63 bits per heavy atom. The molecule has 1 aromatic heterocycles. The summed E-state index contributed by atoms with van der Waals surface area (Å²) < 4.78 is 0.904. The third kappa shape index (κ3) is 3.99. The SMILES string of the molecule is O=C(N/N=C/c1cccc([N+](=O)[O-])c1)c1[nH]c2ccc(Br)cc2c1-c1ccccc1. The van der Waals surface area contributed by atoms with Crippen LogP contribution in [0.2, 0.25) is 0 Å². The number of nitrogens with zero attached hydrogens (tertiary/aromatic N) is 2. The van der Waals surface area contributed by atoms with Crippen LogP contribution in [0.1, 0.15) is 16.1 Å². The van der Waals surface area contributed by atoms with E-state index in [2.05, 4.69) is 31.4 Å². The summed E-state index contributed by atoms with van der Waals surface area (Å²) in [5.74, 6) is -0.414. The molecule has 0 saturated heterocycles. The first kappa shape index (κ1) is 19.5. The fraction of sp³-hybridized carbons (Fsp3) is 0. The molecule has 30 heavy (non-hydrogen) atoms. The molecule has 0 aliphatic rings. The number of H-pyrrole nitrogens is 1. The molecule has 0 saturated carbocycles. The highest BCUT2D eigenvalue weighted by atomic mass is 79.9. The van der Waals surface area contributed by atoms with E-state index in [9.17, 15) is 14.9 Å². The predicted octanol–water partition coefficient (Wildman–Crippen LogP) is 5.27. The monoisotopic (exact) mass is 462 g/mol. The Labute approximate surface area is 179 Å². The van der Waals surface area contributed by atoms with Crippen molar-refractivity contribution < 1.29 is 9.72 Å². The van der Waals surface area contributed by atoms with Crippen LogP contribution in [0.25, 0.3) is 22.0 Å². The molecule has 7 nitrogen and oxygen atoms in total. The van der Waals surface area contributed by atoms with Crippen molar-refractivity contribution in [1.29, 1.82) is 0 Å². The normalized spacial score (nSPS) is 11.1. The average molecular weight is 463 g/mol. The number of halogens is 1. The molecule has 8 heteroatoms. The van der Waals surface area contributed by atoms with Crippen LogP contribution in [0.5, 0.6) is 0 Å². The maximum atomic E-state index is 12.9. The third-order valence-electron chi connectivity index (χ3n) is 4.51. The maximum absolute atomic E-state index is 12.9. The van der Waals surface area contributed by atoms with E-state index in [1.807, 2.05) is 48.5 Å². The second-order valence-corrected chi connectivity index (χ2v) is 7.40. The molecule has 4 rings (SSSR count). The number of hydrogen-bond acceptors (Lipinski definition) is 4. The highest BCUT2D eigenvalue weighted by Gasteiger charge is 2.19. The minimum absolute atomic E-state index is 0.0437. The maximum Gasteiger partial charge on any atom is 0.288 e. The van der Waals surface area contributed by atoms with Crippen molar-refractivity contribution in [1.82, 2.24) is 10.4 Å². The number of aromatic amines is 1. The van der Waals surface area contributed by atoms with Crippen molar-refractivity contribution in [3.63, 3.8) is 0 Å². The molecular weight excluding hydrogens is 448 g/mol. The number of fused-ring (bicyclic) bond motifs is 1. The average Bonchev–Trinajstić information content (AvgIpc) is 3.13. The van der Waals surface area contributed by atoms with Crippen LogP contribution in [-0.2, 0) is 0 Å². The first-order chi connectivity index (χ1) is 14.5. The first-order valence-electron chi connectivity index (χ1n) is 8.97. The summed E-state index contributed by atoms with van der Waals surface area (Å²) in [6, 6.07) is 21.4. The molecule has 0 radical (unpaired) electrons. The van der Waals surface area contributed by atoms with Gasteiger partial charge in [0.1, 0.15) is 5.69 Å². The van der Waals surface area contributed by atoms with Crippen molar-refractivity contribution in [3.05, 3.63) is 98.6 Å². The zero-order valence-electron chi connectivity index (χ0n) is 15.5. The number of hydrazone groups is 1. The summed E-state index contributed by atoms with van der Waals surface area (Å²) in [4.78, 5) is 26.5. The summed E-state index contributed by atoms with van der Waals surface area (Å²) in [5, 5.41) is 15.8. The molecule has 0 fully saturated rings. The molecule has 4 aromatic rings. The van der Waals surface area contributed by atoms with E-state index < -0.39 is 10.8 Å². The zero-order valence-corrected chi connectivity index (χ0v) is 17.1. The van der Waals surface area contributed by atoms with Crippen LogP contribution in [0.3, 0.4) is 0 Å². The Morgan fingerprint density at radius 2 is 1.87 bits per heavy atom. The van der Waals surface area contributed by atoms with Crippen molar-refractivity contribution >= 4 is 44.6 Å². The molecule has 0 bridgehead atoms. The second kappa shape index (κ2) is 8.30. The molecule has 0 aliphatic carbocycles. The Hall–Kier alpha value is -3.78. The van der Waals surface area contributed by atoms with Gasteiger partial charge in [-0.3, -0.25) is 14.9 Å². The van der Waals surface area contributed by atoms with Crippen molar-refractivity contribution in [2.75, 3.05) is 0 Å². The van der Waals surface area contributed by atoms with Gasteiger partial charge in [0.2, 0.25) is 0 Å². The number of nitrogens with one attached hydrogen (secondary N) is 2. The summed E-state index contributed by atoms with van der Waals surface area (Å²) in [7, 11) is 0. The van der Waals surface area contributed by atoms with Gasteiger partial charge in [-0.05, 0) is 23.8 Å². The molecule has 0 aliphatic heterocycles. The number of non-ortho nitro benzene ring substituents is 1. The minimum Gasteiger partial charge on any atom is -0.350 e. The molecule has 148 valence electrons. The number of rotatable bonds is 5. The quantitative estimate of drug-likeness (QED) is 0.240. The number of carbonyl (C=O) groups excluding carboxylic acids is 1. The topological polar surface area (TPSA) is 100 Å². The Bertz CT molecular complexity index is 1280. The van der Waals surface area contributed by atoms with Crippen LogP contribution in [0.4, 0.5) is 5.69 Å². The zero-order chi connectivity index (χ0) is 21.1. The van der Waals surface area contributed by atoms with E-state index in [0.29, 0.717) is 11.3 Å². The van der Waals surface area contributed by atoms with Gasteiger partial charge in [0.15, 0.2) is 0 Å². The summed E-state index contributed by atoms with van der Waals surface area (Å²) in [6.45, 7) is 0. The van der Waals surface area contributed by atoms with E-state index in [1.54, 1.807) is 12.1 Å². The first-order valence-corrected chi connectivity index (χ1v) is 9.77. The minimum atomic E-state index is -0.481. The summed E-state index contributed by atoms with van der Waals surface area (Å²) in [6.07, 6.45) is 1.37. The predicted molar refractivity (Wildman–Crippen MR) is 120 cm³/mol. The van der Waals surface area contributed by atoms with Crippen molar-refractivity contribution in [3.8, 4) is 11.1 Å². The Morgan fingerprint density at radius 1 is 1.07 bits per heavy atom. The van der Waals surface area contributed by atoms with Crippen LogP contribution < -0.4 is 5.43 Å². The lowest BCUT2D eigenvalue weighted by molar-refractivity contribution is -0.384. The lowest BCUT2D eigenvalue weighted by Gasteiger charge is -2.04. The van der Waals surface area contributed by atoms with Crippen LogP contribution >= 0.6 is 15.9 Å². The Kier molecular flexibility index (Phi) is 5.40. The van der Waals surface area contributed by atoms with Gasteiger partial charge in [-0.25, -0.2) is 5.43 Å². The number of nitro groups is 1. The van der Waals surface area contributed by atoms with Crippen LogP contribution in [0, 0.1) is 10.1 Å². The molecule has 2 N–H and O–H groups in total. The van der Waals surface area contributed by atoms with E-state index >= 15 is 0 Å². The molecule has 1 amide bonds. The fourth-order valence-corrected chi connectivity index (χ4v) is 3.54. The lowest BCUT2D eigenvalue weighted by Crippen LogP contribution is -2.18. The smallest absolute Gasteiger partial charge is 0.288 e. The van der Waals surface area contributed by atoms with Gasteiger partial charge < -0.3 is 4.98 Å². The van der Waals surface area contributed by atoms with E-state index in [-0.39, 0.29) is 5.69 Å². The van der Waals surface area contributed by atoms with Gasteiger partial charge in [-0.1, -0.05) is 58.4 Å². The van der Waals surface area contributed by atoms with Gasteiger partial charge in [-0.15, -0.1) is 0 Å². The molecular formula is C22H15BrN4O3. The molecule has 0 unspecified atom stereocenters. The van der Waals surface area contributed by atoms with Gasteiger partial charge in [0.25, 0.3) is 11.6 Å². The number of nitro benzene ring substituents is 1. The van der Waals surface area contributed by atoms with Gasteiger partial charge in [0.05, 0.1) is 11.1 Å². The van der Waals surface area contributed by atoms with Crippen LogP contribution in [0.15, 0.2) is 82.4 Å². The van der Waals surface area contributed by atoms with Gasteiger partial charge in [0, 0.05) is 38.6 Å². The summed E-state index contributed by atoms with van der Waals surface area (Å²) in [5.41, 5.74) is 5.84. The lowest BCUT2D eigenvalue weighted by atomic mass is 10.0. The van der Waals surface area contributed by atoms with Gasteiger partial charge in [-0.2, -0.15) is 5.10 Å². The molecule has 3 aromatic carbocycles.